The summed E-state index contributed by atoms with van der Waals surface area (Å²) >= 11 is 0. The van der Waals surface area contributed by atoms with Gasteiger partial charge < -0.3 is 15.6 Å². The van der Waals surface area contributed by atoms with Crippen molar-refractivity contribution in [3.05, 3.63) is 76.9 Å². The number of benzene rings is 2. The van der Waals surface area contributed by atoms with Gasteiger partial charge in [0.05, 0.1) is 17.3 Å². The zero-order valence-electron chi connectivity index (χ0n) is 14.7. The summed E-state index contributed by atoms with van der Waals surface area (Å²) in [6.45, 7) is 5.10. The van der Waals surface area contributed by atoms with Gasteiger partial charge in [0.2, 0.25) is 11.8 Å². The molecule has 1 heterocycles. The number of fused-ring (bicyclic) bond motifs is 1. The first-order chi connectivity index (χ1) is 12.9. The molecule has 0 unspecified atom stereocenters. The van der Waals surface area contributed by atoms with Crippen molar-refractivity contribution in [2.75, 3.05) is 10.6 Å². The Balaban J connectivity index is 1.68. The lowest BCUT2D eigenvalue weighted by molar-refractivity contribution is -0.115. The van der Waals surface area contributed by atoms with E-state index in [0.717, 1.165) is 5.56 Å². The predicted molar refractivity (Wildman–Crippen MR) is 105 cm³/mol. The van der Waals surface area contributed by atoms with Crippen LogP contribution in [0.4, 0.5) is 11.4 Å². The SMILES string of the molecule is C=CC(=O)Nc1ccc(CC(=O)Nc2ccc3nc(C)[nH]c(=O)c3c2)cc1. The van der Waals surface area contributed by atoms with Gasteiger partial charge in [0, 0.05) is 11.4 Å². The number of nitrogens with zero attached hydrogens (tertiary/aromatic N) is 1. The molecule has 3 N–H and O–H groups in total. The van der Waals surface area contributed by atoms with Crippen LogP contribution in [0.3, 0.4) is 0 Å². The first-order valence-corrected chi connectivity index (χ1v) is 8.27. The third-order valence-electron chi connectivity index (χ3n) is 3.88. The van der Waals surface area contributed by atoms with E-state index in [-0.39, 0.29) is 23.8 Å². The predicted octanol–water partition coefficient (Wildman–Crippen LogP) is 2.54. The van der Waals surface area contributed by atoms with Gasteiger partial charge in [-0.3, -0.25) is 14.4 Å². The number of amides is 2. The van der Waals surface area contributed by atoms with Gasteiger partial charge in [0.25, 0.3) is 5.56 Å². The highest BCUT2D eigenvalue weighted by Crippen LogP contribution is 2.16. The van der Waals surface area contributed by atoms with Crippen molar-refractivity contribution >= 4 is 34.1 Å². The minimum atomic E-state index is -0.295. The molecule has 0 atom stereocenters. The molecule has 0 fully saturated rings. The van der Waals surface area contributed by atoms with Crippen molar-refractivity contribution in [2.45, 2.75) is 13.3 Å². The number of H-pyrrole nitrogens is 1. The van der Waals surface area contributed by atoms with Crippen molar-refractivity contribution in [3.8, 4) is 0 Å². The highest BCUT2D eigenvalue weighted by atomic mass is 16.2. The molecule has 136 valence electrons. The Labute approximate surface area is 155 Å². The second-order valence-electron chi connectivity index (χ2n) is 6.00. The van der Waals surface area contributed by atoms with Gasteiger partial charge >= 0.3 is 0 Å². The normalized spacial score (nSPS) is 10.4. The van der Waals surface area contributed by atoms with E-state index in [4.69, 9.17) is 0 Å². The van der Waals surface area contributed by atoms with Crippen molar-refractivity contribution in [2.24, 2.45) is 0 Å². The van der Waals surface area contributed by atoms with Crippen LogP contribution in [-0.2, 0) is 16.0 Å². The number of hydrogen-bond acceptors (Lipinski definition) is 4. The zero-order valence-corrected chi connectivity index (χ0v) is 14.7. The van der Waals surface area contributed by atoms with Gasteiger partial charge in [0.15, 0.2) is 0 Å². The lowest BCUT2D eigenvalue weighted by Crippen LogP contribution is -2.15. The van der Waals surface area contributed by atoms with Crippen molar-refractivity contribution in [1.82, 2.24) is 9.97 Å². The molecule has 3 rings (SSSR count). The maximum atomic E-state index is 12.3. The van der Waals surface area contributed by atoms with Crippen LogP contribution in [0.25, 0.3) is 10.9 Å². The fraction of sp³-hybridized carbons (Fsp3) is 0.100. The monoisotopic (exact) mass is 362 g/mol. The third kappa shape index (κ3) is 4.46. The molecule has 0 radical (unpaired) electrons. The average molecular weight is 362 g/mol. The third-order valence-corrected chi connectivity index (χ3v) is 3.88. The molecule has 0 bridgehead atoms. The van der Waals surface area contributed by atoms with Crippen molar-refractivity contribution in [1.29, 1.82) is 0 Å². The summed E-state index contributed by atoms with van der Waals surface area (Å²) in [7, 11) is 0. The number of hydrogen-bond donors (Lipinski definition) is 3. The van der Waals surface area contributed by atoms with E-state index in [2.05, 4.69) is 27.2 Å². The van der Waals surface area contributed by atoms with E-state index in [9.17, 15) is 14.4 Å². The van der Waals surface area contributed by atoms with E-state index in [1.54, 1.807) is 49.4 Å². The number of aryl methyl sites for hydroxylation is 1. The number of aromatic amines is 1. The van der Waals surface area contributed by atoms with Gasteiger partial charge in [-0.05, 0) is 48.9 Å². The van der Waals surface area contributed by atoms with E-state index in [1.807, 2.05) is 0 Å². The molecule has 27 heavy (non-hydrogen) atoms. The number of anilines is 2. The summed E-state index contributed by atoms with van der Waals surface area (Å²) in [4.78, 5) is 42.4. The summed E-state index contributed by atoms with van der Waals surface area (Å²) in [5.41, 5.74) is 2.27. The molecule has 2 amide bonds. The molecule has 0 saturated heterocycles. The quantitative estimate of drug-likeness (QED) is 0.607. The fourth-order valence-corrected chi connectivity index (χ4v) is 2.62. The summed E-state index contributed by atoms with van der Waals surface area (Å²) in [5.74, 6) is 0.0298. The number of rotatable bonds is 5. The van der Waals surface area contributed by atoms with Crippen LogP contribution in [0, 0.1) is 6.92 Å². The van der Waals surface area contributed by atoms with E-state index in [1.165, 1.54) is 6.08 Å². The van der Waals surface area contributed by atoms with E-state index in [0.29, 0.717) is 28.1 Å². The van der Waals surface area contributed by atoms with Crippen LogP contribution in [-0.4, -0.2) is 21.8 Å². The number of carbonyl (C=O) groups is 2. The highest BCUT2D eigenvalue weighted by Gasteiger charge is 2.08. The maximum Gasteiger partial charge on any atom is 0.258 e. The van der Waals surface area contributed by atoms with Crippen LogP contribution in [0.2, 0.25) is 0 Å². The Morgan fingerprint density at radius 3 is 2.52 bits per heavy atom. The topological polar surface area (TPSA) is 104 Å². The molecule has 0 aliphatic carbocycles. The van der Waals surface area contributed by atoms with E-state index < -0.39 is 0 Å². The lowest BCUT2D eigenvalue weighted by atomic mass is 10.1. The molecule has 7 nitrogen and oxygen atoms in total. The molecule has 0 spiro atoms. The fourth-order valence-electron chi connectivity index (χ4n) is 2.62. The van der Waals surface area contributed by atoms with Gasteiger partial charge in [0.1, 0.15) is 5.82 Å². The summed E-state index contributed by atoms with van der Waals surface area (Å²) in [6.07, 6.45) is 1.35. The molecule has 0 saturated carbocycles. The smallest absolute Gasteiger partial charge is 0.258 e. The van der Waals surface area contributed by atoms with Crippen molar-refractivity contribution in [3.63, 3.8) is 0 Å². The molecule has 0 aliphatic heterocycles. The van der Waals surface area contributed by atoms with Gasteiger partial charge in [-0.1, -0.05) is 18.7 Å². The largest absolute Gasteiger partial charge is 0.326 e. The Bertz CT molecular complexity index is 1080. The Hall–Kier alpha value is -3.74. The molecule has 3 aromatic rings. The first kappa shape index (κ1) is 18.1. The maximum absolute atomic E-state index is 12.3. The molecular weight excluding hydrogens is 344 g/mol. The second kappa shape index (κ2) is 7.65. The van der Waals surface area contributed by atoms with Crippen LogP contribution in [0.5, 0.6) is 0 Å². The molecular formula is C20H18N4O3. The Morgan fingerprint density at radius 2 is 1.81 bits per heavy atom. The number of aromatic nitrogens is 2. The van der Waals surface area contributed by atoms with Crippen LogP contribution >= 0.6 is 0 Å². The zero-order chi connectivity index (χ0) is 19.4. The van der Waals surface area contributed by atoms with Gasteiger partial charge in [-0.15, -0.1) is 0 Å². The molecule has 7 heteroatoms. The second-order valence-corrected chi connectivity index (χ2v) is 6.00. The summed E-state index contributed by atoms with van der Waals surface area (Å²) in [6, 6.07) is 12.0. The van der Waals surface area contributed by atoms with Crippen LogP contribution in [0.1, 0.15) is 11.4 Å². The lowest BCUT2D eigenvalue weighted by Gasteiger charge is -2.08. The molecule has 1 aromatic heterocycles. The highest BCUT2D eigenvalue weighted by molar-refractivity contribution is 5.99. The summed E-state index contributed by atoms with van der Waals surface area (Å²) < 4.78 is 0. The molecule has 0 aliphatic rings. The van der Waals surface area contributed by atoms with Gasteiger partial charge in [-0.25, -0.2) is 4.98 Å². The minimum absolute atomic E-state index is 0.163. The summed E-state index contributed by atoms with van der Waals surface area (Å²) in [5, 5.41) is 5.84. The molecule has 2 aromatic carbocycles. The van der Waals surface area contributed by atoms with E-state index >= 15 is 0 Å². The standard InChI is InChI=1S/C20H18N4O3/c1-3-18(25)23-14-6-4-13(5-7-14)10-19(26)24-15-8-9-17-16(11-15)20(27)22-12(2)21-17/h3-9,11H,1,10H2,2H3,(H,23,25)(H,24,26)(H,21,22,27). The average Bonchev–Trinajstić information content (AvgIpc) is 2.63. The van der Waals surface area contributed by atoms with Gasteiger partial charge in [-0.2, -0.15) is 0 Å². The Morgan fingerprint density at radius 1 is 1.11 bits per heavy atom. The minimum Gasteiger partial charge on any atom is -0.326 e. The Kier molecular flexibility index (Phi) is 5.12. The van der Waals surface area contributed by atoms with Crippen molar-refractivity contribution < 1.29 is 9.59 Å². The number of carbonyl (C=O) groups excluding carboxylic acids is 2. The number of nitrogens with one attached hydrogen (secondary N) is 3. The van der Waals surface area contributed by atoms with Crippen LogP contribution in [0.15, 0.2) is 59.9 Å². The first-order valence-electron chi connectivity index (χ1n) is 8.27. The van der Waals surface area contributed by atoms with Crippen LogP contribution < -0.4 is 16.2 Å².